The molecule has 5 aromatic carbocycles. The lowest BCUT2D eigenvalue weighted by Gasteiger charge is -2.10. The summed E-state index contributed by atoms with van der Waals surface area (Å²) in [5.41, 5.74) is 7.99. The molecule has 0 aliphatic heterocycles. The van der Waals surface area contributed by atoms with Gasteiger partial charge in [0.2, 0.25) is 0 Å². The second kappa shape index (κ2) is 8.49. The van der Waals surface area contributed by atoms with Gasteiger partial charge in [-0.3, -0.25) is 4.79 Å². The Morgan fingerprint density at radius 2 is 1.00 bits per heavy atom. The smallest absolute Gasteiger partial charge is 0.307 e. The summed E-state index contributed by atoms with van der Waals surface area (Å²) in [5, 5.41) is 12.3. The number of rotatable bonds is 5. The molecule has 1 heterocycles. The van der Waals surface area contributed by atoms with Crippen LogP contribution in [0, 0.1) is 5.92 Å². The lowest BCUT2D eigenvalue weighted by molar-refractivity contribution is -0.138. The van der Waals surface area contributed by atoms with Gasteiger partial charge in [0, 0.05) is 28.3 Å². The molecule has 1 aliphatic rings. The van der Waals surface area contributed by atoms with Gasteiger partial charge in [-0.05, 0) is 46.5 Å². The molecule has 0 amide bonds. The van der Waals surface area contributed by atoms with E-state index in [4.69, 9.17) is 0 Å². The summed E-state index contributed by atoms with van der Waals surface area (Å²) < 4.78 is 2.32. The monoisotopic (exact) mass is 479 g/mol. The first kappa shape index (κ1) is 21.6. The number of fused-ring (bicyclic) bond motifs is 3. The van der Waals surface area contributed by atoms with Gasteiger partial charge in [0.1, 0.15) is 0 Å². The molecule has 0 radical (unpaired) electrons. The molecule has 37 heavy (non-hydrogen) atoms. The van der Waals surface area contributed by atoms with E-state index in [0.29, 0.717) is 0 Å². The quantitative estimate of drug-likeness (QED) is 0.272. The van der Waals surface area contributed by atoms with Crippen LogP contribution in [0.1, 0.15) is 23.0 Å². The highest BCUT2D eigenvalue weighted by Gasteiger charge is 2.56. The predicted molar refractivity (Wildman–Crippen MR) is 149 cm³/mol. The van der Waals surface area contributed by atoms with Crippen molar-refractivity contribution in [2.75, 3.05) is 0 Å². The average molecular weight is 480 g/mol. The third-order valence-corrected chi connectivity index (χ3v) is 7.82. The molecule has 0 bridgehead atoms. The number of carboxylic acids is 1. The molecule has 178 valence electrons. The normalized spacial score (nSPS) is 18.8. The molecule has 1 saturated carbocycles. The van der Waals surface area contributed by atoms with Crippen LogP contribution in [0.2, 0.25) is 0 Å². The Morgan fingerprint density at radius 3 is 1.54 bits per heavy atom. The number of carbonyl (C=O) groups is 1. The Balaban J connectivity index is 1.19. The van der Waals surface area contributed by atoms with E-state index in [0.717, 1.165) is 27.9 Å². The first-order chi connectivity index (χ1) is 18.2. The largest absolute Gasteiger partial charge is 0.481 e. The minimum atomic E-state index is -0.719. The second-order valence-corrected chi connectivity index (χ2v) is 9.86. The molecule has 1 fully saturated rings. The van der Waals surface area contributed by atoms with Crippen molar-refractivity contribution >= 4 is 27.8 Å². The van der Waals surface area contributed by atoms with Crippen molar-refractivity contribution in [3.05, 3.63) is 139 Å². The topological polar surface area (TPSA) is 42.2 Å². The van der Waals surface area contributed by atoms with Crippen LogP contribution >= 0.6 is 0 Å². The molecule has 0 spiro atoms. The molecular formula is C34H25NO2. The minimum absolute atomic E-state index is 0.0200. The summed E-state index contributed by atoms with van der Waals surface area (Å²) in [6.45, 7) is 0. The number of carboxylic acid groups (broad SMARTS) is 1. The average Bonchev–Trinajstić information content (AvgIpc) is 3.63. The third kappa shape index (κ3) is 3.54. The van der Waals surface area contributed by atoms with E-state index in [1.54, 1.807) is 0 Å². The maximum Gasteiger partial charge on any atom is 0.307 e. The van der Waals surface area contributed by atoms with Crippen molar-refractivity contribution in [1.82, 2.24) is 4.57 Å². The fourth-order valence-electron chi connectivity index (χ4n) is 6.02. The fraction of sp³-hybridized carbons (Fsp3) is 0.0882. The predicted octanol–water partition coefficient (Wildman–Crippen LogP) is 8.03. The van der Waals surface area contributed by atoms with Crippen molar-refractivity contribution in [1.29, 1.82) is 0 Å². The van der Waals surface area contributed by atoms with Crippen LogP contribution in [-0.2, 0) is 4.79 Å². The summed E-state index contributed by atoms with van der Waals surface area (Å²) in [6, 6.07) is 44.2. The fourth-order valence-corrected chi connectivity index (χ4v) is 6.02. The molecule has 3 atom stereocenters. The lowest BCUT2D eigenvalue weighted by Crippen LogP contribution is -2.00. The zero-order chi connectivity index (χ0) is 24.9. The Kier molecular flexibility index (Phi) is 4.97. The summed E-state index contributed by atoms with van der Waals surface area (Å²) in [4.78, 5) is 11.9. The number of para-hydroxylation sites is 2. The molecule has 3 nitrogen and oxygen atoms in total. The number of nitrogens with zero attached hydrogens (tertiary/aromatic N) is 1. The van der Waals surface area contributed by atoms with Crippen LogP contribution in [0.25, 0.3) is 38.6 Å². The highest BCUT2D eigenvalue weighted by atomic mass is 16.4. The van der Waals surface area contributed by atoms with E-state index in [1.807, 2.05) is 30.3 Å². The summed E-state index contributed by atoms with van der Waals surface area (Å²) in [6.07, 6.45) is 0. The van der Waals surface area contributed by atoms with Crippen molar-refractivity contribution < 1.29 is 9.90 Å². The molecule has 0 unspecified atom stereocenters. The first-order valence-electron chi connectivity index (χ1n) is 12.7. The zero-order valence-corrected chi connectivity index (χ0v) is 20.2. The van der Waals surface area contributed by atoms with E-state index >= 15 is 0 Å². The SMILES string of the molecule is O=C(O)[C@@H]1[C@H](c2ccccc2)[C@H]1c1ccc(-c2ccc(-n3c4ccccc4c4ccccc43)cc2)cc1. The molecule has 0 saturated heterocycles. The van der Waals surface area contributed by atoms with Gasteiger partial charge in [-0.2, -0.15) is 0 Å². The van der Waals surface area contributed by atoms with Gasteiger partial charge in [0.25, 0.3) is 0 Å². The zero-order valence-electron chi connectivity index (χ0n) is 20.2. The highest BCUT2D eigenvalue weighted by molar-refractivity contribution is 6.09. The Morgan fingerprint density at radius 1 is 0.541 bits per heavy atom. The van der Waals surface area contributed by atoms with Crippen LogP contribution in [0.15, 0.2) is 127 Å². The maximum absolute atomic E-state index is 11.9. The molecule has 1 aliphatic carbocycles. The van der Waals surface area contributed by atoms with Crippen molar-refractivity contribution in [3.63, 3.8) is 0 Å². The van der Waals surface area contributed by atoms with Gasteiger partial charge in [0.05, 0.1) is 17.0 Å². The summed E-state index contributed by atoms with van der Waals surface area (Å²) in [5.74, 6) is -1.02. The second-order valence-electron chi connectivity index (χ2n) is 9.86. The molecule has 3 heteroatoms. The van der Waals surface area contributed by atoms with Gasteiger partial charge in [-0.1, -0.05) is 103 Å². The van der Waals surface area contributed by atoms with Gasteiger partial charge >= 0.3 is 5.97 Å². The van der Waals surface area contributed by atoms with E-state index in [1.165, 1.54) is 21.8 Å². The van der Waals surface area contributed by atoms with E-state index < -0.39 is 5.97 Å². The third-order valence-electron chi connectivity index (χ3n) is 7.82. The van der Waals surface area contributed by atoms with Crippen LogP contribution in [0.4, 0.5) is 0 Å². The lowest BCUT2D eigenvalue weighted by atomic mass is 10.00. The van der Waals surface area contributed by atoms with Crippen molar-refractivity contribution in [2.24, 2.45) is 5.92 Å². The number of aliphatic carboxylic acids is 1. The number of hydrogen-bond acceptors (Lipinski definition) is 1. The maximum atomic E-state index is 11.9. The van der Waals surface area contributed by atoms with Crippen molar-refractivity contribution in [2.45, 2.75) is 11.8 Å². The van der Waals surface area contributed by atoms with Gasteiger partial charge < -0.3 is 9.67 Å². The standard InChI is InChI=1S/C34H25NO2/c36-34(37)33-31(24-8-2-1-3-9-24)32(33)25-16-14-22(15-17-25)23-18-20-26(21-19-23)35-29-12-6-4-10-27(29)28-11-5-7-13-30(28)35/h1-21,31-33H,(H,36,37)/t31-,32-,33-/m1/s1. The Hall–Kier alpha value is -4.63. The number of hydrogen-bond donors (Lipinski definition) is 1. The Bertz CT molecular complexity index is 1690. The molecule has 1 aromatic heterocycles. The Labute approximate surface area is 215 Å². The van der Waals surface area contributed by atoms with Crippen LogP contribution in [-0.4, -0.2) is 15.6 Å². The molecule has 7 rings (SSSR count). The van der Waals surface area contributed by atoms with E-state index in [-0.39, 0.29) is 17.8 Å². The summed E-state index contributed by atoms with van der Waals surface area (Å²) >= 11 is 0. The van der Waals surface area contributed by atoms with Crippen molar-refractivity contribution in [3.8, 4) is 16.8 Å². The first-order valence-corrected chi connectivity index (χ1v) is 12.7. The highest BCUT2D eigenvalue weighted by Crippen LogP contribution is 2.60. The summed E-state index contributed by atoms with van der Waals surface area (Å²) in [7, 11) is 0. The van der Waals surface area contributed by atoms with Gasteiger partial charge in [-0.15, -0.1) is 0 Å². The molecule has 6 aromatic rings. The van der Waals surface area contributed by atoms with Gasteiger partial charge in [0.15, 0.2) is 0 Å². The number of aromatic nitrogens is 1. The van der Waals surface area contributed by atoms with Crippen LogP contribution in [0.5, 0.6) is 0 Å². The van der Waals surface area contributed by atoms with E-state index in [9.17, 15) is 9.90 Å². The van der Waals surface area contributed by atoms with Crippen LogP contribution in [0.3, 0.4) is 0 Å². The molecular weight excluding hydrogens is 454 g/mol. The van der Waals surface area contributed by atoms with Crippen LogP contribution < -0.4 is 0 Å². The van der Waals surface area contributed by atoms with E-state index in [2.05, 4.69) is 102 Å². The van der Waals surface area contributed by atoms with Gasteiger partial charge in [-0.25, -0.2) is 0 Å². The number of benzene rings is 5. The minimum Gasteiger partial charge on any atom is -0.481 e. The molecule has 1 N–H and O–H groups in total.